The Morgan fingerprint density at radius 1 is 1.00 bits per heavy atom. The molecule has 0 saturated carbocycles. The van der Waals surface area contributed by atoms with E-state index in [-0.39, 0.29) is 12.5 Å². The quantitative estimate of drug-likeness (QED) is 0.709. The molecule has 1 amide bonds. The van der Waals surface area contributed by atoms with E-state index < -0.39 is 10.0 Å². The molecule has 0 bridgehead atoms. The Bertz CT molecular complexity index is 1000. The van der Waals surface area contributed by atoms with Gasteiger partial charge in [0.25, 0.3) is 0 Å². The zero-order chi connectivity index (χ0) is 22.6. The summed E-state index contributed by atoms with van der Waals surface area (Å²) < 4.78 is 26.1. The lowest BCUT2D eigenvalue weighted by atomic mass is 10.1. The molecule has 31 heavy (non-hydrogen) atoms. The second kappa shape index (κ2) is 9.73. The number of nitrogens with zero attached hydrogens (tertiary/aromatic N) is 2. The maximum absolute atomic E-state index is 12.6. The molecular formula is C24H33N3O3S. The molecule has 3 rings (SSSR count). The fourth-order valence-electron chi connectivity index (χ4n) is 4.29. The van der Waals surface area contributed by atoms with Crippen molar-refractivity contribution in [3.8, 4) is 0 Å². The highest BCUT2D eigenvalue weighted by Gasteiger charge is 2.24. The lowest BCUT2D eigenvalue weighted by molar-refractivity contribution is -0.119. The van der Waals surface area contributed by atoms with E-state index in [1.54, 1.807) is 0 Å². The summed E-state index contributed by atoms with van der Waals surface area (Å²) in [6.07, 6.45) is 4.90. The Morgan fingerprint density at radius 2 is 1.58 bits per heavy atom. The van der Waals surface area contributed by atoms with E-state index in [4.69, 9.17) is 0 Å². The van der Waals surface area contributed by atoms with E-state index in [1.165, 1.54) is 29.3 Å². The minimum absolute atomic E-state index is 0.241. The first-order valence-corrected chi connectivity index (χ1v) is 12.7. The van der Waals surface area contributed by atoms with Crippen LogP contribution in [0.15, 0.2) is 36.4 Å². The Labute approximate surface area is 186 Å². The lowest BCUT2D eigenvalue weighted by Crippen LogP contribution is -2.40. The van der Waals surface area contributed by atoms with Crippen LogP contribution in [0.5, 0.6) is 0 Å². The third-order valence-corrected chi connectivity index (χ3v) is 6.83. The van der Waals surface area contributed by atoms with E-state index in [1.807, 2.05) is 45.0 Å². The third-order valence-electron chi connectivity index (χ3n) is 5.72. The summed E-state index contributed by atoms with van der Waals surface area (Å²) >= 11 is 0. The molecule has 1 aliphatic heterocycles. The molecule has 0 aromatic heterocycles. The molecule has 0 radical (unpaired) electrons. The van der Waals surface area contributed by atoms with Gasteiger partial charge in [-0.05, 0) is 68.9 Å². The fourth-order valence-corrected chi connectivity index (χ4v) is 5.26. The monoisotopic (exact) mass is 443 g/mol. The maximum atomic E-state index is 12.6. The summed E-state index contributed by atoms with van der Waals surface area (Å²) in [6, 6.07) is 12.1. The highest BCUT2D eigenvalue weighted by molar-refractivity contribution is 7.92. The number of aryl methyl sites for hydroxylation is 3. The second-order valence-electron chi connectivity index (χ2n) is 8.51. The van der Waals surface area contributed by atoms with Crippen molar-refractivity contribution in [2.75, 3.05) is 35.1 Å². The predicted molar refractivity (Wildman–Crippen MR) is 127 cm³/mol. The first kappa shape index (κ1) is 23.1. The van der Waals surface area contributed by atoms with E-state index >= 15 is 0 Å². The van der Waals surface area contributed by atoms with Gasteiger partial charge in [0.05, 0.1) is 11.9 Å². The van der Waals surface area contributed by atoms with Crippen LogP contribution in [0, 0.1) is 20.8 Å². The number of nitrogens with one attached hydrogen (secondary N) is 1. The van der Waals surface area contributed by atoms with Gasteiger partial charge in [0, 0.05) is 25.3 Å². The van der Waals surface area contributed by atoms with Crippen LogP contribution < -0.4 is 14.5 Å². The molecule has 6 nitrogen and oxygen atoms in total. The molecule has 0 unspecified atom stereocenters. The molecular weight excluding hydrogens is 410 g/mol. The molecule has 1 aliphatic rings. The summed E-state index contributed by atoms with van der Waals surface area (Å²) in [5.74, 6) is -0.329. The van der Waals surface area contributed by atoms with Crippen LogP contribution in [0.1, 0.15) is 41.5 Å². The van der Waals surface area contributed by atoms with Gasteiger partial charge in [-0.1, -0.05) is 29.8 Å². The van der Waals surface area contributed by atoms with Gasteiger partial charge in [-0.25, -0.2) is 8.42 Å². The average molecular weight is 444 g/mol. The van der Waals surface area contributed by atoms with Gasteiger partial charge in [-0.2, -0.15) is 0 Å². The van der Waals surface area contributed by atoms with Crippen LogP contribution in [0.25, 0.3) is 0 Å². The van der Waals surface area contributed by atoms with E-state index in [0.717, 1.165) is 41.6 Å². The first-order valence-electron chi connectivity index (χ1n) is 10.8. The van der Waals surface area contributed by atoms with Crippen LogP contribution in [0.2, 0.25) is 0 Å². The van der Waals surface area contributed by atoms with Crippen molar-refractivity contribution in [2.45, 2.75) is 46.6 Å². The molecule has 2 aromatic rings. The van der Waals surface area contributed by atoms with Crippen molar-refractivity contribution >= 4 is 27.3 Å². The van der Waals surface area contributed by atoms with Crippen LogP contribution in [-0.4, -0.2) is 40.2 Å². The summed E-state index contributed by atoms with van der Waals surface area (Å²) in [4.78, 5) is 15.0. The highest BCUT2D eigenvalue weighted by atomic mass is 32.2. The Hall–Kier alpha value is -2.54. The van der Waals surface area contributed by atoms with E-state index in [2.05, 4.69) is 22.3 Å². The molecule has 1 heterocycles. The number of carbonyl (C=O) groups is 1. The van der Waals surface area contributed by atoms with E-state index in [9.17, 15) is 13.2 Å². The Kier molecular flexibility index (Phi) is 7.26. The first-order chi connectivity index (χ1) is 14.6. The number of benzene rings is 2. The third kappa shape index (κ3) is 6.00. The predicted octanol–water partition coefficient (Wildman–Crippen LogP) is 3.68. The van der Waals surface area contributed by atoms with Crippen LogP contribution in [0.3, 0.4) is 0 Å². The number of anilines is 2. The Morgan fingerprint density at radius 3 is 2.13 bits per heavy atom. The fraction of sp³-hybridized carbons (Fsp3) is 0.458. The van der Waals surface area contributed by atoms with Crippen molar-refractivity contribution in [2.24, 2.45) is 0 Å². The normalized spacial score (nSPS) is 14.4. The topological polar surface area (TPSA) is 69.7 Å². The number of piperidine rings is 1. The largest absolute Gasteiger partial charge is 0.372 e. The van der Waals surface area contributed by atoms with Gasteiger partial charge in [0.1, 0.15) is 6.54 Å². The number of carbonyl (C=O) groups excluding carboxylic acids is 1. The zero-order valence-corrected chi connectivity index (χ0v) is 19.8. The molecule has 0 spiro atoms. The SMILES string of the molecule is Cc1cc(C)c(N(CC(=O)NCc2ccc(N3CCCCC3)cc2)S(C)(=O)=O)c(C)c1. The molecule has 0 atom stereocenters. The number of hydrogen-bond acceptors (Lipinski definition) is 4. The maximum Gasteiger partial charge on any atom is 0.241 e. The van der Waals surface area contributed by atoms with Crippen molar-refractivity contribution in [1.82, 2.24) is 5.32 Å². The van der Waals surface area contributed by atoms with Gasteiger partial charge >= 0.3 is 0 Å². The smallest absolute Gasteiger partial charge is 0.241 e. The standard InChI is InChI=1S/C24H33N3O3S/c1-18-14-19(2)24(20(3)15-18)27(31(4,29)30)17-23(28)25-16-21-8-10-22(11-9-21)26-12-6-5-7-13-26/h8-11,14-15H,5-7,12-13,16-17H2,1-4H3,(H,25,28). The minimum Gasteiger partial charge on any atom is -0.372 e. The number of rotatable bonds is 7. The molecule has 1 saturated heterocycles. The summed E-state index contributed by atoms with van der Waals surface area (Å²) in [6.45, 7) is 8.02. The van der Waals surface area contributed by atoms with Crippen molar-refractivity contribution in [3.63, 3.8) is 0 Å². The van der Waals surface area contributed by atoms with Gasteiger partial charge in [0.15, 0.2) is 0 Å². The van der Waals surface area contributed by atoms with Gasteiger partial charge in [-0.15, -0.1) is 0 Å². The number of amides is 1. The average Bonchev–Trinajstić information content (AvgIpc) is 2.71. The molecule has 168 valence electrons. The Balaban J connectivity index is 1.65. The van der Waals surface area contributed by atoms with Crippen molar-refractivity contribution in [1.29, 1.82) is 0 Å². The van der Waals surface area contributed by atoms with E-state index in [0.29, 0.717) is 12.2 Å². The van der Waals surface area contributed by atoms with Crippen LogP contribution >= 0.6 is 0 Å². The minimum atomic E-state index is -3.60. The lowest BCUT2D eigenvalue weighted by Gasteiger charge is -2.29. The molecule has 2 aromatic carbocycles. The summed E-state index contributed by atoms with van der Waals surface area (Å²) in [5, 5.41) is 2.86. The highest BCUT2D eigenvalue weighted by Crippen LogP contribution is 2.28. The van der Waals surface area contributed by atoms with Gasteiger partial charge < -0.3 is 10.2 Å². The van der Waals surface area contributed by atoms with Crippen LogP contribution in [0.4, 0.5) is 11.4 Å². The number of hydrogen-bond donors (Lipinski definition) is 1. The van der Waals surface area contributed by atoms with Crippen molar-refractivity contribution in [3.05, 3.63) is 58.7 Å². The number of sulfonamides is 1. The molecule has 0 aliphatic carbocycles. The molecule has 1 fully saturated rings. The molecule has 7 heteroatoms. The van der Waals surface area contributed by atoms with Gasteiger partial charge in [0.2, 0.25) is 15.9 Å². The zero-order valence-electron chi connectivity index (χ0n) is 18.9. The molecule has 1 N–H and O–H groups in total. The van der Waals surface area contributed by atoms with Crippen LogP contribution in [-0.2, 0) is 21.4 Å². The summed E-state index contributed by atoms with van der Waals surface area (Å²) in [5.41, 5.74) is 5.51. The second-order valence-corrected chi connectivity index (χ2v) is 10.4. The van der Waals surface area contributed by atoms with Gasteiger partial charge in [-0.3, -0.25) is 9.10 Å². The van der Waals surface area contributed by atoms with Crippen molar-refractivity contribution < 1.29 is 13.2 Å². The summed E-state index contributed by atoms with van der Waals surface area (Å²) in [7, 11) is -3.60.